The lowest BCUT2D eigenvalue weighted by atomic mass is 10.2. The van der Waals surface area contributed by atoms with E-state index in [4.69, 9.17) is 9.53 Å². The number of carboxylic acid groups (broad SMARTS) is 1. The number of nitrogens with one attached hydrogen (secondary N) is 1. The van der Waals surface area contributed by atoms with E-state index < -0.39 is 14.4 Å². The molecule has 0 heterocycles. The average molecular weight is 281 g/mol. The third kappa shape index (κ3) is 4.59. The number of hydrogen-bond acceptors (Lipinski definition) is 2. The second kappa shape index (κ2) is 5.65. The van der Waals surface area contributed by atoms with E-state index in [1.807, 2.05) is 24.3 Å². The number of rotatable bonds is 4. The predicted octanol–water partition coefficient (Wildman–Crippen LogP) is 3.84. The molecule has 1 rings (SSSR count). The van der Waals surface area contributed by atoms with Crippen LogP contribution in [0, 0.1) is 0 Å². The Morgan fingerprint density at radius 2 is 2.00 bits per heavy atom. The van der Waals surface area contributed by atoms with Gasteiger partial charge in [0.05, 0.1) is 0 Å². The third-order valence-electron chi connectivity index (χ3n) is 3.52. The van der Waals surface area contributed by atoms with Gasteiger partial charge in [0.15, 0.2) is 0 Å². The van der Waals surface area contributed by atoms with Crippen LogP contribution in [0.5, 0.6) is 5.75 Å². The van der Waals surface area contributed by atoms with Crippen molar-refractivity contribution in [3.8, 4) is 5.75 Å². The van der Waals surface area contributed by atoms with Crippen molar-refractivity contribution in [2.45, 2.75) is 45.4 Å². The lowest BCUT2D eigenvalue weighted by molar-refractivity contribution is 0.194. The van der Waals surface area contributed by atoms with Gasteiger partial charge in [0.2, 0.25) is 8.32 Å². The van der Waals surface area contributed by atoms with Gasteiger partial charge < -0.3 is 14.8 Å². The molecule has 0 fully saturated rings. The molecule has 0 aliphatic carbocycles. The van der Waals surface area contributed by atoms with Crippen LogP contribution < -0.4 is 9.74 Å². The van der Waals surface area contributed by atoms with Crippen molar-refractivity contribution in [3.05, 3.63) is 29.8 Å². The number of amides is 1. The minimum absolute atomic E-state index is 0.141. The Kier molecular flexibility index (Phi) is 4.63. The minimum Gasteiger partial charge on any atom is -0.543 e. The van der Waals surface area contributed by atoms with Gasteiger partial charge >= 0.3 is 6.09 Å². The summed E-state index contributed by atoms with van der Waals surface area (Å²) in [5.41, 5.74) is 0.901. The monoisotopic (exact) mass is 281 g/mol. The van der Waals surface area contributed by atoms with Crippen LogP contribution in [0.1, 0.15) is 26.3 Å². The van der Waals surface area contributed by atoms with Crippen molar-refractivity contribution in [1.29, 1.82) is 0 Å². The molecule has 0 saturated carbocycles. The summed E-state index contributed by atoms with van der Waals surface area (Å²) in [5, 5.41) is 11.1. The van der Waals surface area contributed by atoms with Gasteiger partial charge in [0.25, 0.3) is 0 Å². The molecule has 0 aliphatic rings. The molecule has 4 nitrogen and oxygen atoms in total. The highest BCUT2D eigenvalue weighted by atomic mass is 28.4. The lowest BCUT2D eigenvalue weighted by Crippen LogP contribution is -2.43. The van der Waals surface area contributed by atoms with Crippen LogP contribution in [0.25, 0.3) is 0 Å². The van der Waals surface area contributed by atoms with E-state index in [9.17, 15) is 4.79 Å². The van der Waals surface area contributed by atoms with Gasteiger partial charge in [0, 0.05) is 6.54 Å². The van der Waals surface area contributed by atoms with Gasteiger partial charge in [-0.1, -0.05) is 32.9 Å². The summed E-state index contributed by atoms with van der Waals surface area (Å²) in [6, 6.07) is 7.59. The van der Waals surface area contributed by atoms with Gasteiger partial charge in [-0.15, -0.1) is 0 Å². The first-order valence-electron chi connectivity index (χ1n) is 6.36. The lowest BCUT2D eigenvalue weighted by Gasteiger charge is -2.36. The summed E-state index contributed by atoms with van der Waals surface area (Å²) in [4.78, 5) is 10.5. The van der Waals surface area contributed by atoms with Crippen molar-refractivity contribution in [3.63, 3.8) is 0 Å². The first-order valence-corrected chi connectivity index (χ1v) is 9.27. The molecule has 106 valence electrons. The van der Waals surface area contributed by atoms with Crippen molar-refractivity contribution < 1.29 is 14.3 Å². The van der Waals surface area contributed by atoms with Crippen LogP contribution in [0.3, 0.4) is 0 Å². The molecule has 0 radical (unpaired) electrons. The minimum atomic E-state index is -1.85. The van der Waals surface area contributed by atoms with Crippen LogP contribution in [-0.4, -0.2) is 19.5 Å². The summed E-state index contributed by atoms with van der Waals surface area (Å²) in [6.07, 6.45) is -1.02. The number of benzene rings is 1. The van der Waals surface area contributed by atoms with Crippen molar-refractivity contribution in [2.75, 3.05) is 0 Å². The van der Waals surface area contributed by atoms with Gasteiger partial charge in [0.1, 0.15) is 5.75 Å². The Labute approximate surface area is 115 Å². The SMILES string of the molecule is CC(C)(C)[Si](C)(C)Oc1cccc(CNC(=O)O)c1. The number of carbonyl (C=O) groups is 1. The van der Waals surface area contributed by atoms with Gasteiger partial charge in [-0.05, 0) is 35.8 Å². The Hall–Kier alpha value is -1.49. The quantitative estimate of drug-likeness (QED) is 0.824. The molecule has 2 N–H and O–H groups in total. The first kappa shape index (κ1) is 15.6. The fourth-order valence-corrected chi connectivity index (χ4v) is 2.37. The second-order valence-corrected chi connectivity index (χ2v) is 10.9. The Bertz CT molecular complexity index is 452. The van der Waals surface area contributed by atoms with E-state index in [1.54, 1.807) is 0 Å². The van der Waals surface area contributed by atoms with Crippen LogP contribution in [0.15, 0.2) is 24.3 Å². The molecular formula is C14H23NO3Si. The van der Waals surface area contributed by atoms with Gasteiger partial charge in [-0.2, -0.15) is 0 Å². The van der Waals surface area contributed by atoms with E-state index in [0.717, 1.165) is 11.3 Å². The maximum absolute atomic E-state index is 10.5. The molecule has 0 aromatic heterocycles. The molecule has 5 heteroatoms. The summed E-state index contributed by atoms with van der Waals surface area (Å²) in [7, 11) is -1.85. The second-order valence-electron chi connectivity index (χ2n) is 6.17. The normalized spacial score (nSPS) is 12.1. The highest BCUT2D eigenvalue weighted by Gasteiger charge is 2.38. The molecule has 0 bridgehead atoms. The largest absolute Gasteiger partial charge is 0.543 e. The van der Waals surface area contributed by atoms with E-state index in [1.165, 1.54) is 0 Å². The molecule has 0 saturated heterocycles. The molecule has 0 aliphatic heterocycles. The molecule has 1 amide bonds. The highest BCUT2D eigenvalue weighted by Crippen LogP contribution is 2.37. The van der Waals surface area contributed by atoms with E-state index in [-0.39, 0.29) is 5.04 Å². The molecule has 0 unspecified atom stereocenters. The molecule has 0 spiro atoms. The fraction of sp³-hybridized carbons (Fsp3) is 0.500. The van der Waals surface area contributed by atoms with E-state index >= 15 is 0 Å². The fourth-order valence-electron chi connectivity index (χ4n) is 1.34. The Morgan fingerprint density at radius 1 is 1.37 bits per heavy atom. The Morgan fingerprint density at radius 3 is 2.53 bits per heavy atom. The van der Waals surface area contributed by atoms with E-state index in [0.29, 0.717) is 6.54 Å². The molecule has 19 heavy (non-hydrogen) atoms. The number of hydrogen-bond donors (Lipinski definition) is 2. The standard InChI is InChI=1S/C14H23NO3Si/c1-14(2,3)19(4,5)18-12-8-6-7-11(9-12)10-15-13(16)17/h6-9,15H,10H2,1-5H3,(H,16,17). The summed E-state index contributed by atoms with van der Waals surface area (Å²) in [5.74, 6) is 0.816. The first-order chi connectivity index (χ1) is 8.62. The van der Waals surface area contributed by atoms with E-state index in [2.05, 4.69) is 39.2 Å². The molecule has 1 aromatic carbocycles. The molecular weight excluding hydrogens is 258 g/mol. The zero-order valence-corrected chi connectivity index (χ0v) is 13.3. The maximum atomic E-state index is 10.5. The van der Waals surface area contributed by atoms with Crippen LogP contribution >= 0.6 is 0 Å². The topological polar surface area (TPSA) is 58.6 Å². The average Bonchev–Trinajstić information content (AvgIpc) is 2.24. The maximum Gasteiger partial charge on any atom is 0.404 e. The van der Waals surface area contributed by atoms with Crippen molar-refractivity contribution in [2.24, 2.45) is 0 Å². The van der Waals surface area contributed by atoms with Crippen LogP contribution in [-0.2, 0) is 6.54 Å². The summed E-state index contributed by atoms with van der Waals surface area (Å²) >= 11 is 0. The van der Waals surface area contributed by atoms with Crippen LogP contribution in [0.2, 0.25) is 18.1 Å². The zero-order chi connectivity index (χ0) is 14.7. The van der Waals surface area contributed by atoms with Crippen molar-refractivity contribution in [1.82, 2.24) is 5.32 Å². The zero-order valence-electron chi connectivity index (χ0n) is 12.3. The predicted molar refractivity (Wildman–Crippen MR) is 79.1 cm³/mol. The highest BCUT2D eigenvalue weighted by molar-refractivity contribution is 6.74. The van der Waals surface area contributed by atoms with Gasteiger partial charge in [-0.25, -0.2) is 4.79 Å². The van der Waals surface area contributed by atoms with Crippen LogP contribution in [0.4, 0.5) is 4.79 Å². The smallest absolute Gasteiger partial charge is 0.404 e. The third-order valence-corrected chi connectivity index (χ3v) is 7.88. The van der Waals surface area contributed by atoms with Gasteiger partial charge in [-0.3, -0.25) is 0 Å². The van der Waals surface area contributed by atoms with Crippen molar-refractivity contribution >= 4 is 14.4 Å². The summed E-state index contributed by atoms with van der Waals surface area (Å²) < 4.78 is 6.18. The summed E-state index contributed by atoms with van der Waals surface area (Å²) in [6.45, 7) is 11.2. The Balaban J connectivity index is 2.80. The molecule has 0 atom stereocenters. The molecule has 1 aromatic rings.